The molecule has 0 aromatic carbocycles. The second kappa shape index (κ2) is 40.6. The quantitative estimate of drug-likeness (QED) is 0.208. The Hall–Kier alpha value is -13.9. The first kappa shape index (κ1) is 101. The number of hydrogen-bond donors (Lipinski definition) is 0. The Morgan fingerprint density at radius 1 is 0.281 bits per heavy atom. The predicted molar refractivity (Wildman–Crippen MR) is 459 cm³/mol. The van der Waals surface area contributed by atoms with Gasteiger partial charge in [0, 0.05) is 124 Å². The summed E-state index contributed by atoms with van der Waals surface area (Å²) in [5, 5.41) is 0. The number of carbonyl (C=O) groups is 18. The minimum Gasteiger partial charge on any atom is -0.477 e. The van der Waals surface area contributed by atoms with E-state index < -0.39 is 107 Å². The molecule has 24 amide bonds. The molecule has 0 aromatic heterocycles. The Balaban J connectivity index is 0.000000211. The fraction of sp³-hybridized carbons (Fsp3) is 0.512. The van der Waals surface area contributed by atoms with Crippen molar-refractivity contribution in [2.24, 2.45) is 0 Å². The predicted octanol–water partition coefficient (Wildman–Crippen LogP) is 4.05. The summed E-state index contributed by atoms with van der Waals surface area (Å²) in [5.74, 6) is -3.60. The molecule has 0 spiro atoms. The Kier molecular flexibility index (Phi) is 32.1. The topological polar surface area (TPSA) is 421 Å². The van der Waals surface area contributed by atoms with Crippen LogP contribution < -0.4 is 0 Å². The van der Waals surface area contributed by atoms with Crippen molar-refractivity contribution in [3.63, 3.8) is 0 Å². The van der Waals surface area contributed by atoms with E-state index >= 15 is 0 Å². The van der Waals surface area contributed by atoms with Crippen molar-refractivity contribution in [3.05, 3.63) is 142 Å². The van der Waals surface area contributed by atoms with Crippen LogP contribution in [0.3, 0.4) is 0 Å². The fourth-order valence-corrected chi connectivity index (χ4v) is 13.8. The Morgan fingerprint density at radius 3 is 0.828 bits per heavy atom. The molecule has 0 unspecified atom stereocenters. The number of rotatable bonds is 11. The van der Waals surface area contributed by atoms with E-state index in [0.717, 1.165) is 85.0 Å². The van der Waals surface area contributed by atoms with Gasteiger partial charge in [0.25, 0.3) is 70.9 Å². The molecule has 0 saturated carbocycles. The van der Waals surface area contributed by atoms with Crippen LogP contribution in [0, 0.1) is 0 Å². The number of amides is 24. The number of likely N-dealkylation sites (N-methyl/N-ethyl adjacent to an activating group) is 16. The van der Waals surface area contributed by atoms with Crippen molar-refractivity contribution >= 4 is 107 Å². The highest BCUT2D eigenvalue weighted by atomic mass is 16.5. The zero-order valence-electron chi connectivity index (χ0n) is 77.8. The summed E-state index contributed by atoms with van der Waals surface area (Å²) in [5.41, 5.74) is -0.898. The van der Waals surface area contributed by atoms with Gasteiger partial charge in [-0.15, -0.1) is 0 Å². The number of urea groups is 6. The van der Waals surface area contributed by atoms with Crippen LogP contribution in [0.1, 0.15) is 96.4 Å². The molecule has 42 nitrogen and oxygen atoms in total. The smallest absolute Gasteiger partial charge is 0.333 e. The van der Waals surface area contributed by atoms with Gasteiger partial charge in [0.15, 0.2) is 35.3 Å². The Labute approximate surface area is 744 Å². The maximum absolute atomic E-state index is 12.4. The number of allylic oxidation sites excluding steroid dienone is 12. The standard InChI is InChI=1S/2C16H23N3O4.C15H21N3O4.C14H19N3O4.C13H17N3O4.C12H15N3O4/c1-10(2)19-12(23-9-16(19,3)4)8-7-11-13(20)17(5)15(22)18(6)14(11)21;1-6-9-19-14(21)11(13(20)17(4)15(19)22)7-8-12-18(5)16(2,3)10-23-12;1-6-18-11(22-9-15(18,2)3)8-7-10-12(19)16(4)14(21)17(5)13(10)20;1-14(2)8-21-10(17(14)5)7-6-9-11(18)15(3)13(20)16(4)12(9)19;1-4-16-7-8-20-10(16)6-5-9-11(17)14(2)13(19)15(3)12(9)18;1-13-6-7-19-9(13)5-4-8-10(16)14(2)12(18)15(3)11(8)17/h7-8,10H,9H2,1-6H3;7-8H,6,9-10H2,1-5H3;7-8H,6,9H2,1-5H3;6-7H,8H2,1-5H3;5-6H,4,7-8H2,1-3H3;4-5H,6-7H2,1-3H3/b12-8+;11-7+,12-8+;11-8+;10-7+;10-6+;9-5+. The summed E-state index contributed by atoms with van der Waals surface area (Å²) in [4.78, 5) is 238. The molecule has 12 fully saturated rings. The van der Waals surface area contributed by atoms with Gasteiger partial charge >= 0.3 is 36.2 Å². The van der Waals surface area contributed by atoms with Crippen molar-refractivity contribution in [3.8, 4) is 0 Å². The Bertz CT molecular complexity index is 4860. The molecule has 12 heterocycles. The first-order chi connectivity index (χ1) is 59.5. The normalized spacial score (nSPS) is 23.4. The van der Waals surface area contributed by atoms with Crippen LogP contribution in [0.5, 0.6) is 0 Å². The molecular weight excluding hydrogens is 1670 g/mol. The lowest BCUT2D eigenvalue weighted by atomic mass is 10.0. The first-order valence-corrected chi connectivity index (χ1v) is 41.0. The summed E-state index contributed by atoms with van der Waals surface area (Å²) in [6.07, 6.45) is 18.7. The lowest BCUT2D eigenvalue weighted by Crippen LogP contribution is -2.54. The molecule has 12 aliphatic heterocycles. The number of nitrogens with zero attached hydrogens (tertiary/aromatic N) is 18. The maximum atomic E-state index is 12.4. The average Bonchev–Trinajstić information content (AvgIpc) is 1.76. The lowest BCUT2D eigenvalue weighted by molar-refractivity contribution is -0.136. The fourth-order valence-electron chi connectivity index (χ4n) is 13.8. The zero-order valence-corrected chi connectivity index (χ0v) is 77.8. The van der Waals surface area contributed by atoms with Gasteiger partial charge in [0.05, 0.1) is 35.2 Å². The molecule has 696 valence electrons. The van der Waals surface area contributed by atoms with Gasteiger partial charge in [-0.25, -0.2) is 28.8 Å². The molecule has 0 radical (unpaired) electrons. The molecule has 0 aliphatic carbocycles. The second-order valence-electron chi connectivity index (χ2n) is 33.6. The SMILES string of the molecule is CC(C)N1/C(=C\C=C2C(=O)N(C)C(=O)N(C)C2=O)OCC1(C)C.CCCN1C(=O)/C(=C/C=C2/OCC(C)(C)N2C)C(=O)N(C)C1=O.CCN1/C(=C\C=C2C(=O)N(C)C(=O)N(C)C2=O)OCC1(C)C.CCN1CCO/C1=C/C=C1C(=O)N(C)C(=O)N(C)C1=O.CN1C(=O)C(=C/C=C2/OCC(C)(C)N2C)C(=O)N(C)C1=O.CN1C(=O)C(=C/C=C2/OCCN2C)C(=O)N(C)C1=O. The van der Waals surface area contributed by atoms with Gasteiger partial charge in [0.1, 0.15) is 73.1 Å². The highest BCUT2D eigenvalue weighted by Crippen LogP contribution is 2.35. The minimum absolute atomic E-state index is 0.0326. The first-order valence-electron chi connectivity index (χ1n) is 41.0. The number of ether oxygens (including phenoxy) is 6. The molecular formula is C86H118N18O24. The van der Waals surface area contributed by atoms with E-state index in [2.05, 4.69) is 51.3 Å². The number of hydrogen-bond acceptors (Lipinski definition) is 30. The summed E-state index contributed by atoms with van der Waals surface area (Å²) in [6.45, 7) is 33.0. The third-order valence-corrected chi connectivity index (χ3v) is 22.4. The van der Waals surface area contributed by atoms with Crippen LogP contribution in [-0.4, -0.2) is 395 Å². The third kappa shape index (κ3) is 21.3. The highest BCUT2D eigenvalue weighted by Gasteiger charge is 2.47. The maximum Gasteiger partial charge on any atom is 0.333 e. The van der Waals surface area contributed by atoms with E-state index in [1.807, 2.05) is 89.2 Å². The summed E-state index contributed by atoms with van der Waals surface area (Å²) >= 11 is 0. The van der Waals surface area contributed by atoms with Crippen LogP contribution in [0.25, 0.3) is 0 Å². The molecule has 12 saturated heterocycles. The average molecular weight is 1790 g/mol. The van der Waals surface area contributed by atoms with Gasteiger partial charge in [-0.1, -0.05) is 6.92 Å². The third-order valence-electron chi connectivity index (χ3n) is 22.4. The van der Waals surface area contributed by atoms with Crippen molar-refractivity contribution < 1.29 is 115 Å². The number of carbonyl (C=O) groups excluding carboxylic acids is 18. The molecule has 0 N–H and O–H groups in total. The molecule has 12 rings (SSSR count). The van der Waals surface area contributed by atoms with Crippen LogP contribution in [0.15, 0.2) is 142 Å². The monoisotopic (exact) mass is 1790 g/mol. The molecule has 0 aromatic rings. The molecule has 0 bridgehead atoms. The van der Waals surface area contributed by atoms with E-state index in [-0.39, 0.29) is 68.2 Å². The van der Waals surface area contributed by atoms with Crippen molar-refractivity contribution in [2.45, 2.75) is 125 Å². The van der Waals surface area contributed by atoms with E-state index in [0.29, 0.717) is 81.4 Å². The summed E-state index contributed by atoms with van der Waals surface area (Å²) < 4.78 is 33.2. The van der Waals surface area contributed by atoms with Gasteiger partial charge < -0.3 is 57.8 Å². The van der Waals surface area contributed by atoms with Gasteiger partial charge in [-0.3, -0.25) is 116 Å². The number of imide groups is 12. The van der Waals surface area contributed by atoms with Crippen molar-refractivity contribution in [2.75, 3.05) is 171 Å². The van der Waals surface area contributed by atoms with Gasteiger partial charge in [-0.05, 0) is 162 Å². The second-order valence-corrected chi connectivity index (χ2v) is 33.6. The summed E-state index contributed by atoms with van der Waals surface area (Å²) in [7, 11) is 20.5. The minimum atomic E-state index is -0.634. The van der Waals surface area contributed by atoms with Crippen LogP contribution in [0.2, 0.25) is 0 Å². The highest BCUT2D eigenvalue weighted by molar-refractivity contribution is 6.32. The van der Waals surface area contributed by atoms with Crippen molar-refractivity contribution in [1.82, 2.24) is 88.2 Å². The lowest BCUT2D eigenvalue weighted by Gasteiger charge is -2.34. The van der Waals surface area contributed by atoms with Crippen LogP contribution in [-0.2, 0) is 86.0 Å². The van der Waals surface area contributed by atoms with Gasteiger partial charge in [-0.2, -0.15) is 0 Å². The Morgan fingerprint density at radius 2 is 0.539 bits per heavy atom. The van der Waals surface area contributed by atoms with Gasteiger partial charge in [0.2, 0.25) is 0 Å². The van der Waals surface area contributed by atoms with E-state index in [1.165, 1.54) is 114 Å². The zero-order chi connectivity index (χ0) is 96.5. The molecule has 42 heteroatoms. The van der Waals surface area contributed by atoms with Crippen molar-refractivity contribution in [1.29, 1.82) is 0 Å². The van der Waals surface area contributed by atoms with E-state index in [1.54, 1.807) is 36.5 Å². The summed E-state index contributed by atoms with van der Waals surface area (Å²) in [6, 6.07) is -3.53. The molecule has 12 aliphatic rings. The van der Waals surface area contributed by atoms with Crippen LogP contribution in [0.4, 0.5) is 28.8 Å². The van der Waals surface area contributed by atoms with Crippen LogP contribution >= 0.6 is 0 Å². The van der Waals surface area contributed by atoms with E-state index in [9.17, 15) is 86.3 Å². The molecule has 128 heavy (non-hydrogen) atoms. The van der Waals surface area contributed by atoms with E-state index in [4.69, 9.17) is 28.4 Å². The largest absolute Gasteiger partial charge is 0.477 e. The molecule has 0 atom stereocenters. The number of barbiturate groups is 6.